The Morgan fingerprint density at radius 1 is 1.00 bits per heavy atom. The van der Waals surface area contributed by atoms with E-state index in [-0.39, 0.29) is 0 Å². The summed E-state index contributed by atoms with van der Waals surface area (Å²) in [7, 11) is 0. The second kappa shape index (κ2) is 4.42. The summed E-state index contributed by atoms with van der Waals surface area (Å²) in [5.41, 5.74) is 0. The SMILES string of the molecule is C1CCC(NCC2CCN(C3CC3)C2)C1. The first-order chi connectivity index (χ1) is 7.42. The van der Waals surface area contributed by atoms with Gasteiger partial charge in [0.1, 0.15) is 0 Å². The van der Waals surface area contributed by atoms with E-state index in [9.17, 15) is 0 Å². The Labute approximate surface area is 93.4 Å². The molecule has 2 heteroatoms. The van der Waals surface area contributed by atoms with Gasteiger partial charge in [0.25, 0.3) is 0 Å². The zero-order valence-corrected chi connectivity index (χ0v) is 9.75. The summed E-state index contributed by atoms with van der Waals surface area (Å²) in [4.78, 5) is 2.72. The van der Waals surface area contributed by atoms with Crippen LogP contribution in [0.25, 0.3) is 0 Å². The maximum absolute atomic E-state index is 3.78. The summed E-state index contributed by atoms with van der Waals surface area (Å²) in [6.07, 6.45) is 10.2. The maximum atomic E-state index is 3.78. The van der Waals surface area contributed by atoms with Crippen LogP contribution in [0.3, 0.4) is 0 Å². The normalized spacial score (nSPS) is 34.0. The van der Waals surface area contributed by atoms with Crippen molar-refractivity contribution in [3.63, 3.8) is 0 Å². The van der Waals surface area contributed by atoms with Gasteiger partial charge in [-0.15, -0.1) is 0 Å². The van der Waals surface area contributed by atoms with Gasteiger partial charge in [0.2, 0.25) is 0 Å². The van der Waals surface area contributed by atoms with Gasteiger partial charge in [-0.1, -0.05) is 12.8 Å². The lowest BCUT2D eigenvalue weighted by atomic mass is 10.1. The van der Waals surface area contributed by atoms with Crippen molar-refractivity contribution in [3.8, 4) is 0 Å². The highest BCUT2D eigenvalue weighted by Crippen LogP contribution is 2.31. The van der Waals surface area contributed by atoms with Crippen LogP contribution in [0.5, 0.6) is 0 Å². The van der Waals surface area contributed by atoms with Crippen LogP contribution < -0.4 is 5.32 Å². The van der Waals surface area contributed by atoms with Gasteiger partial charge < -0.3 is 10.2 Å². The zero-order chi connectivity index (χ0) is 10.1. The van der Waals surface area contributed by atoms with E-state index < -0.39 is 0 Å². The monoisotopic (exact) mass is 208 g/mol. The molecule has 1 aliphatic heterocycles. The van der Waals surface area contributed by atoms with Gasteiger partial charge in [0, 0.05) is 18.6 Å². The van der Waals surface area contributed by atoms with Crippen LogP contribution in [0.2, 0.25) is 0 Å². The Kier molecular flexibility index (Phi) is 2.98. The van der Waals surface area contributed by atoms with Gasteiger partial charge in [-0.25, -0.2) is 0 Å². The molecule has 1 unspecified atom stereocenters. The molecule has 3 rings (SSSR count). The van der Waals surface area contributed by atoms with Gasteiger partial charge in [0.05, 0.1) is 0 Å². The standard InChI is InChI=1S/C13H24N2/c1-2-4-12(3-1)14-9-11-7-8-15(10-11)13-5-6-13/h11-14H,1-10H2. The molecule has 2 nitrogen and oxygen atoms in total. The topological polar surface area (TPSA) is 15.3 Å². The molecule has 0 amide bonds. The van der Waals surface area contributed by atoms with E-state index in [1.165, 1.54) is 64.6 Å². The van der Waals surface area contributed by atoms with Crippen LogP contribution in [0.4, 0.5) is 0 Å². The zero-order valence-electron chi connectivity index (χ0n) is 9.75. The third kappa shape index (κ3) is 2.54. The Hall–Kier alpha value is -0.0800. The van der Waals surface area contributed by atoms with E-state index >= 15 is 0 Å². The summed E-state index contributed by atoms with van der Waals surface area (Å²) in [6, 6.07) is 1.85. The number of nitrogens with one attached hydrogen (secondary N) is 1. The van der Waals surface area contributed by atoms with Crippen molar-refractivity contribution < 1.29 is 0 Å². The molecule has 0 aromatic carbocycles. The average Bonchev–Trinajstić information content (AvgIpc) is 2.82. The Morgan fingerprint density at radius 3 is 2.53 bits per heavy atom. The van der Waals surface area contributed by atoms with Crippen molar-refractivity contribution in [2.24, 2.45) is 5.92 Å². The molecule has 0 radical (unpaired) electrons. The molecule has 2 saturated carbocycles. The second-order valence-electron chi connectivity index (χ2n) is 5.77. The Morgan fingerprint density at radius 2 is 1.80 bits per heavy atom. The molecule has 3 aliphatic rings. The molecular weight excluding hydrogens is 184 g/mol. The van der Waals surface area contributed by atoms with Gasteiger partial charge in [0.15, 0.2) is 0 Å². The fourth-order valence-electron chi connectivity index (χ4n) is 3.26. The van der Waals surface area contributed by atoms with E-state index in [4.69, 9.17) is 0 Å². The number of likely N-dealkylation sites (tertiary alicyclic amines) is 1. The smallest absolute Gasteiger partial charge is 0.00965 e. The van der Waals surface area contributed by atoms with Gasteiger partial charge in [-0.2, -0.15) is 0 Å². The number of rotatable bonds is 4. The van der Waals surface area contributed by atoms with Gasteiger partial charge >= 0.3 is 0 Å². The highest BCUT2D eigenvalue weighted by atomic mass is 15.2. The Balaban J connectivity index is 1.37. The van der Waals surface area contributed by atoms with Crippen LogP contribution in [-0.2, 0) is 0 Å². The van der Waals surface area contributed by atoms with Crippen molar-refractivity contribution in [2.75, 3.05) is 19.6 Å². The predicted octanol–water partition coefficient (Wildman–Crippen LogP) is 2.00. The third-order valence-corrected chi connectivity index (χ3v) is 4.43. The van der Waals surface area contributed by atoms with Crippen LogP contribution in [0.1, 0.15) is 44.9 Å². The minimum absolute atomic E-state index is 0.861. The number of nitrogens with zero attached hydrogens (tertiary/aromatic N) is 1. The molecule has 1 heterocycles. The van der Waals surface area contributed by atoms with Crippen LogP contribution in [-0.4, -0.2) is 36.6 Å². The number of hydrogen-bond acceptors (Lipinski definition) is 2. The largest absolute Gasteiger partial charge is 0.314 e. The molecule has 1 atom stereocenters. The van der Waals surface area contributed by atoms with Crippen molar-refractivity contribution in [2.45, 2.75) is 57.0 Å². The molecule has 15 heavy (non-hydrogen) atoms. The minimum atomic E-state index is 0.861. The van der Waals surface area contributed by atoms with E-state index in [0.717, 1.165) is 18.0 Å². The van der Waals surface area contributed by atoms with Crippen LogP contribution in [0.15, 0.2) is 0 Å². The molecule has 0 bridgehead atoms. The lowest BCUT2D eigenvalue weighted by Crippen LogP contribution is -2.33. The summed E-state index contributed by atoms with van der Waals surface area (Å²) < 4.78 is 0. The highest BCUT2D eigenvalue weighted by molar-refractivity contribution is 4.90. The predicted molar refractivity (Wildman–Crippen MR) is 63.0 cm³/mol. The average molecular weight is 208 g/mol. The molecular formula is C13H24N2. The van der Waals surface area contributed by atoms with Crippen molar-refractivity contribution in [1.82, 2.24) is 10.2 Å². The quantitative estimate of drug-likeness (QED) is 0.760. The molecule has 0 spiro atoms. The first-order valence-electron chi connectivity index (χ1n) is 6.89. The molecule has 1 saturated heterocycles. The first kappa shape index (κ1) is 10.1. The fourth-order valence-corrected chi connectivity index (χ4v) is 3.26. The van der Waals surface area contributed by atoms with Gasteiger partial charge in [-0.3, -0.25) is 0 Å². The summed E-state index contributed by atoms with van der Waals surface area (Å²) in [5, 5.41) is 3.78. The van der Waals surface area contributed by atoms with E-state index in [1.54, 1.807) is 0 Å². The molecule has 1 N–H and O–H groups in total. The maximum Gasteiger partial charge on any atom is 0.00965 e. The fraction of sp³-hybridized carbons (Fsp3) is 1.00. The second-order valence-corrected chi connectivity index (χ2v) is 5.77. The molecule has 3 fully saturated rings. The van der Waals surface area contributed by atoms with Crippen LogP contribution >= 0.6 is 0 Å². The molecule has 2 aliphatic carbocycles. The van der Waals surface area contributed by atoms with Crippen LogP contribution in [0, 0.1) is 5.92 Å². The molecule has 86 valence electrons. The van der Waals surface area contributed by atoms with E-state index in [2.05, 4.69) is 10.2 Å². The lowest BCUT2D eigenvalue weighted by Gasteiger charge is -2.17. The van der Waals surface area contributed by atoms with Gasteiger partial charge in [-0.05, 0) is 51.1 Å². The lowest BCUT2D eigenvalue weighted by molar-refractivity contribution is 0.309. The van der Waals surface area contributed by atoms with Crippen molar-refractivity contribution in [1.29, 1.82) is 0 Å². The third-order valence-electron chi connectivity index (χ3n) is 4.43. The molecule has 0 aromatic rings. The van der Waals surface area contributed by atoms with E-state index in [0.29, 0.717) is 0 Å². The van der Waals surface area contributed by atoms with E-state index in [1.807, 2.05) is 0 Å². The first-order valence-corrected chi connectivity index (χ1v) is 6.89. The Bertz CT molecular complexity index is 207. The summed E-state index contributed by atoms with van der Waals surface area (Å²) in [6.45, 7) is 4.04. The number of hydrogen-bond donors (Lipinski definition) is 1. The summed E-state index contributed by atoms with van der Waals surface area (Å²) in [5.74, 6) is 0.950. The summed E-state index contributed by atoms with van der Waals surface area (Å²) >= 11 is 0. The molecule has 0 aromatic heterocycles. The van der Waals surface area contributed by atoms with Crippen molar-refractivity contribution >= 4 is 0 Å². The van der Waals surface area contributed by atoms with Crippen molar-refractivity contribution in [3.05, 3.63) is 0 Å². The minimum Gasteiger partial charge on any atom is -0.314 e. The highest BCUT2D eigenvalue weighted by Gasteiger charge is 2.34.